The number of furan rings is 1. The molecule has 1 amide bonds. The minimum Gasteiger partial charge on any atom is -0.459 e. The van der Waals surface area contributed by atoms with Crippen LogP contribution in [-0.4, -0.2) is 30.3 Å². The number of carbonyl (C=O) groups is 1. The van der Waals surface area contributed by atoms with E-state index in [4.69, 9.17) is 8.83 Å². The number of hydrogen-bond acceptors (Lipinski definition) is 7. The Bertz CT molecular complexity index is 943. The summed E-state index contributed by atoms with van der Waals surface area (Å²) in [4.78, 5) is 12.0. The van der Waals surface area contributed by atoms with E-state index in [0.29, 0.717) is 5.76 Å². The van der Waals surface area contributed by atoms with Crippen LogP contribution in [0.15, 0.2) is 56.4 Å². The van der Waals surface area contributed by atoms with Gasteiger partial charge in [-0.25, -0.2) is 8.42 Å². The highest BCUT2D eigenvalue weighted by Gasteiger charge is 2.21. The molecule has 0 unspecified atom stereocenters. The lowest BCUT2D eigenvalue weighted by Gasteiger charge is -2.04. The number of sulfone groups is 1. The molecule has 1 aromatic carbocycles. The average Bonchev–Trinajstić information content (AvgIpc) is 3.17. The lowest BCUT2D eigenvalue weighted by Crippen LogP contribution is -2.23. The van der Waals surface area contributed by atoms with Crippen molar-refractivity contribution in [1.82, 2.24) is 10.2 Å². The Morgan fingerprint density at radius 3 is 2.58 bits per heavy atom. The molecule has 8 nitrogen and oxygen atoms in total. The predicted octanol–water partition coefficient (Wildman–Crippen LogP) is 2.05. The fourth-order valence-corrected chi connectivity index (χ4v) is 3.07. The molecule has 0 saturated carbocycles. The molecule has 3 aromatic rings. The van der Waals surface area contributed by atoms with Crippen molar-refractivity contribution in [3.05, 3.63) is 48.2 Å². The van der Waals surface area contributed by atoms with Gasteiger partial charge in [-0.1, -0.05) is 22.8 Å². The molecule has 2 aromatic heterocycles. The molecule has 124 valence electrons. The highest BCUT2D eigenvalue weighted by atomic mass is 32.2. The van der Waals surface area contributed by atoms with Crippen molar-refractivity contribution >= 4 is 21.8 Å². The van der Waals surface area contributed by atoms with Crippen LogP contribution in [0, 0.1) is 6.92 Å². The third-order valence-electron chi connectivity index (χ3n) is 3.10. The van der Waals surface area contributed by atoms with E-state index >= 15 is 0 Å². The molecule has 2 heterocycles. The molecule has 0 bridgehead atoms. The normalized spacial score (nSPS) is 11.4. The molecular weight excluding hydrogens is 334 g/mol. The van der Waals surface area contributed by atoms with E-state index in [1.807, 2.05) is 6.92 Å². The molecule has 0 fully saturated rings. The second kappa shape index (κ2) is 6.28. The summed E-state index contributed by atoms with van der Waals surface area (Å²) in [6.45, 7) is 1.84. The van der Waals surface area contributed by atoms with Gasteiger partial charge in [0.2, 0.25) is 5.91 Å². The standard InChI is InChI=1S/C15H13N3O5S/c1-10-4-6-11(7-5-10)24(20,21)9-13(19)16-15-18-17-14(23-15)12-3-2-8-22-12/h2-8H,9H2,1H3,(H,16,18,19). The molecule has 1 N–H and O–H groups in total. The smallest absolute Gasteiger partial charge is 0.322 e. The van der Waals surface area contributed by atoms with Crippen LogP contribution in [-0.2, 0) is 14.6 Å². The molecule has 0 saturated heterocycles. The topological polar surface area (TPSA) is 115 Å². The summed E-state index contributed by atoms with van der Waals surface area (Å²) in [5, 5.41) is 9.59. The summed E-state index contributed by atoms with van der Waals surface area (Å²) in [6, 6.07) is 9.30. The number of aryl methyl sites for hydroxylation is 1. The third kappa shape index (κ3) is 3.51. The maximum absolute atomic E-state index is 12.2. The van der Waals surface area contributed by atoms with Crippen LogP contribution in [0.25, 0.3) is 11.7 Å². The third-order valence-corrected chi connectivity index (χ3v) is 4.74. The van der Waals surface area contributed by atoms with Gasteiger partial charge in [0.25, 0.3) is 5.89 Å². The Balaban J connectivity index is 1.68. The van der Waals surface area contributed by atoms with E-state index in [2.05, 4.69) is 15.5 Å². The summed E-state index contributed by atoms with van der Waals surface area (Å²) in [5.41, 5.74) is 0.926. The zero-order valence-electron chi connectivity index (χ0n) is 12.6. The first-order valence-electron chi connectivity index (χ1n) is 6.91. The summed E-state index contributed by atoms with van der Waals surface area (Å²) >= 11 is 0. The average molecular weight is 347 g/mol. The molecule has 3 rings (SSSR count). The summed E-state index contributed by atoms with van der Waals surface area (Å²) < 4.78 is 34.7. The van der Waals surface area contributed by atoms with Gasteiger partial charge in [0.1, 0.15) is 5.75 Å². The SMILES string of the molecule is Cc1ccc(S(=O)(=O)CC(=O)Nc2nnc(-c3ccco3)o2)cc1. The van der Waals surface area contributed by atoms with Crippen molar-refractivity contribution in [3.63, 3.8) is 0 Å². The van der Waals surface area contributed by atoms with Gasteiger partial charge in [-0.15, -0.1) is 5.10 Å². The number of aromatic nitrogens is 2. The number of benzene rings is 1. The second-order valence-corrected chi connectivity index (χ2v) is 7.00. The first kappa shape index (κ1) is 15.9. The zero-order valence-corrected chi connectivity index (χ0v) is 13.4. The maximum atomic E-state index is 12.2. The first-order valence-corrected chi connectivity index (χ1v) is 8.56. The Hall–Kier alpha value is -2.94. The van der Waals surface area contributed by atoms with Gasteiger partial charge in [-0.2, -0.15) is 0 Å². The van der Waals surface area contributed by atoms with Gasteiger partial charge >= 0.3 is 6.01 Å². The molecule has 9 heteroatoms. The van der Waals surface area contributed by atoms with Gasteiger partial charge in [-0.3, -0.25) is 10.1 Å². The van der Waals surface area contributed by atoms with Crippen molar-refractivity contribution in [2.45, 2.75) is 11.8 Å². The highest BCUT2D eigenvalue weighted by molar-refractivity contribution is 7.92. The lowest BCUT2D eigenvalue weighted by molar-refractivity contribution is -0.114. The van der Waals surface area contributed by atoms with Gasteiger partial charge in [-0.05, 0) is 31.2 Å². The number of carbonyl (C=O) groups excluding carboxylic acids is 1. The van der Waals surface area contributed by atoms with Crippen LogP contribution in [0.1, 0.15) is 5.56 Å². The summed E-state index contributed by atoms with van der Waals surface area (Å²) in [7, 11) is -3.75. The molecule has 0 aliphatic rings. The zero-order chi connectivity index (χ0) is 17.2. The Morgan fingerprint density at radius 2 is 1.92 bits per heavy atom. The Labute approximate surface area is 137 Å². The fraction of sp³-hybridized carbons (Fsp3) is 0.133. The van der Waals surface area contributed by atoms with Crippen LogP contribution in [0.2, 0.25) is 0 Å². The molecule has 0 aliphatic carbocycles. The van der Waals surface area contributed by atoms with Crippen LogP contribution < -0.4 is 5.32 Å². The van der Waals surface area contributed by atoms with Gasteiger partial charge in [0, 0.05) is 0 Å². The Morgan fingerprint density at radius 1 is 1.17 bits per heavy atom. The van der Waals surface area contributed by atoms with E-state index in [9.17, 15) is 13.2 Å². The summed E-state index contributed by atoms with van der Waals surface area (Å²) in [5.74, 6) is -1.08. The monoisotopic (exact) mass is 347 g/mol. The van der Waals surface area contributed by atoms with Crippen molar-refractivity contribution in [3.8, 4) is 11.7 Å². The van der Waals surface area contributed by atoms with Crippen molar-refractivity contribution in [2.75, 3.05) is 11.1 Å². The van der Waals surface area contributed by atoms with Crippen molar-refractivity contribution < 1.29 is 22.0 Å². The maximum Gasteiger partial charge on any atom is 0.322 e. The van der Waals surface area contributed by atoms with E-state index in [0.717, 1.165) is 5.56 Å². The van der Waals surface area contributed by atoms with Crippen LogP contribution in [0.3, 0.4) is 0 Å². The summed E-state index contributed by atoms with van der Waals surface area (Å²) in [6.07, 6.45) is 1.44. The van der Waals surface area contributed by atoms with Crippen molar-refractivity contribution in [2.24, 2.45) is 0 Å². The number of rotatable bonds is 5. The fourth-order valence-electron chi connectivity index (χ4n) is 1.93. The van der Waals surface area contributed by atoms with Gasteiger partial charge in [0.15, 0.2) is 15.6 Å². The van der Waals surface area contributed by atoms with E-state index < -0.39 is 21.5 Å². The number of nitrogens with zero attached hydrogens (tertiary/aromatic N) is 2. The van der Waals surface area contributed by atoms with Crippen LogP contribution in [0.4, 0.5) is 6.01 Å². The van der Waals surface area contributed by atoms with Gasteiger partial charge < -0.3 is 8.83 Å². The molecule has 0 atom stereocenters. The molecule has 0 radical (unpaired) electrons. The first-order chi connectivity index (χ1) is 11.4. The number of hydrogen-bond donors (Lipinski definition) is 1. The largest absolute Gasteiger partial charge is 0.459 e. The van der Waals surface area contributed by atoms with E-state index in [-0.39, 0.29) is 16.8 Å². The Kier molecular flexibility index (Phi) is 4.17. The van der Waals surface area contributed by atoms with Crippen LogP contribution >= 0.6 is 0 Å². The second-order valence-electron chi connectivity index (χ2n) is 5.01. The molecular formula is C15H13N3O5S. The van der Waals surface area contributed by atoms with E-state index in [1.165, 1.54) is 18.4 Å². The lowest BCUT2D eigenvalue weighted by atomic mass is 10.2. The van der Waals surface area contributed by atoms with Crippen molar-refractivity contribution in [1.29, 1.82) is 0 Å². The predicted molar refractivity (Wildman–Crippen MR) is 83.9 cm³/mol. The minimum absolute atomic E-state index is 0.0741. The molecule has 0 spiro atoms. The van der Waals surface area contributed by atoms with Gasteiger partial charge in [0.05, 0.1) is 11.2 Å². The van der Waals surface area contributed by atoms with Crippen LogP contribution in [0.5, 0.6) is 0 Å². The minimum atomic E-state index is -3.75. The quantitative estimate of drug-likeness (QED) is 0.751. The highest BCUT2D eigenvalue weighted by Crippen LogP contribution is 2.20. The number of amides is 1. The number of anilines is 1. The molecule has 24 heavy (non-hydrogen) atoms. The van der Waals surface area contributed by atoms with E-state index in [1.54, 1.807) is 24.3 Å². The number of nitrogens with one attached hydrogen (secondary N) is 1. The molecule has 0 aliphatic heterocycles.